The normalized spacial score (nSPS) is 25.1. The maximum Gasteiger partial charge on any atom is 0.257 e. The summed E-state index contributed by atoms with van der Waals surface area (Å²) >= 11 is 0. The zero-order valence-corrected chi connectivity index (χ0v) is 16.1. The van der Waals surface area contributed by atoms with E-state index in [9.17, 15) is 9.18 Å². The topological polar surface area (TPSA) is 70.2 Å². The Balaban J connectivity index is 1.46. The molecule has 7 heteroatoms. The number of rotatable bonds is 4. The number of halogens is 1. The first-order valence-corrected chi connectivity index (χ1v) is 9.99. The van der Waals surface area contributed by atoms with Crippen LogP contribution in [-0.2, 0) is 6.42 Å². The Morgan fingerprint density at radius 2 is 2.00 bits per heavy atom. The van der Waals surface area contributed by atoms with E-state index in [0.717, 1.165) is 43.7 Å². The summed E-state index contributed by atoms with van der Waals surface area (Å²) in [5.74, 6) is 1.12. The molecule has 1 amide bonds. The number of carbonyl (C=O) groups excluding carboxylic acids is 1. The number of amides is 1. The fraction of sp³-hybridized carbons (Fsp3) is 0.476. The van der Waals surface area contributed by atoms with Crippen molar-refractivity contribution in [2.45, 2.75) is 38.1 Å². The van der Waals surface area contributed by atoms with Gasteiger partial charge in [0.05, 0.1) is 5.56 Å². The van der Waals surface area contributed by atoms with Crippen LogP contribution in [0.2, 0.25) is 0 Å². The fourth-order valence-electron chi connectivity index (χ4n) is 4.31. The summed E-state index contributed by atoms with van der Waals surface area (Å²) in [7, 11) is 0. The third-order valence-corrected chi connectivity index (χ3v) is 5.84. The highest BCUT2D eigenvalue weighted by molar-refractivity contribution is 5.93. The third kappa shape index (κ3) is 3.91. The number of likely N-dealkylation sites (tertiary alicyclic amines) is 1. The van der Waals surface area contributed by atoms with E-state index in [0.29, 0.717) is 18.0 Å². The zero-order chi connectivity index (χ0) is 19.5. The number of benzene rings is 1. The minimum absolute atomic E-state index is 0.00311. The van der Waals surface area contributed by atoms with Crippen LogP contribution in [0.1, 0.15) is 47.4 Å². The molecule has 2 saturated heterocycles. The summed E-state index contributed by atoms with van der Waals surface area (Å²) in [6.45, 7) is 4.25. The molecule has 6 nitrogen and oxygen atoms in total. The van der Waals surface area contributed by atoms with Crippen molar-refractivity contribution < 1.29 is 9.18 Å². The lowest BCUT2D eigenvalue weighted by Gasteiger charge is -2.37. The molecule has 2 N–H and O–H groups in total. The van der Waals surface area contributed by atoms with Crippen molar-refractivity contribution in [2.24, 2.45) is 5.92 Å². The van der Waals surface area contributed by atoms with Gasteiger partial charge in [0, 0.05) is 50.4 Å². The highest BCUT2D eigenvalue weighted by Crippen LogP contribution is 2.32. The van der Waals surface area contributed by atoms with E-state index in [1.54, 1.807) is 12.4 Å². The van der Waals surface area contributed by atoms with Crippen molar-refractivity contribution in [3.05, 3.63) is 59.4 Å². The van der Waals surface area contributed by atoms with E-state index in [1.807, 2.05) is 24.0 Å². The van der Waals surface area contributed by atoms with E-state index >= 15 is 0 Å². The largest absolute Gasteiger partial charge is 0.338 e. The third-order valence-electron chi connectivity index (χ3n) is 5.84. The van der Waals surface area contributed by atoms with Gasteiger partial charge in [-0.3, -0.25) is 15.6 Å². The molecule has 3 unspecified atom stereocenters. The first-order valence-electron chi connectivity index (χ1n) is 9.99. The van der Waals surface area contributed by atoms with Crippen LogP contribution in [0.4, 0.5) is 4.39 Å². The Hall–Kier alpha value is -2.38. The summed E-state index contributed by atoms with van der Waals surface area (Å²) in [6, 6.07) is 6.96. The maximum absolute atomic E-state index is 13.3. The van der Waals surface area contributed by atoms with E-state index in [4.69, 9.17) is 0 Å². The lowest BCUT2D eigenvalue weighted by Crippen LogP contribution is -2.48. The summed E-state index contributed by atoms with van der Waals surface area (Å²) in [5, 5.41) is 0. The molecular weight excluding hydrogens is 357 g/mol. The summed E-state index contributed by atoms with van der Waals surface area (Å²) in [4.78, 5) is 23.3. The molecule has 2 aliphatic rings. The van der Waals surface area contributed by atoms with E-state index in [1.165, 1.54) is 12.1 Å². The molecule has 3 heterocycles. The highest BCUT2D eigenvalue weighted by Gasteiger charge is 2.37. The predicted octanol–water partition coefficient (Wildman–Crippen LogP) is 2.29. The van der Waals surface area contributed by atoms with Gasteiger partial charge in [-0.2, -0.15) is 0 Å². The van der Waals surface area contributed by atoms with Crippen molar-refractivity contribution in [1.82, 2.24) is 25.7 Å². The van der Waals surface area contributed by atoms with E-state index in [2.05, 4.69) is 20.8 Å². The summed E-state index contributed by atoms with van der Waals surface area (Å²) < 4.78 is 13.3. The van der Waals surface area contributed by atoms with Gasteiger partial charge in [0.25, 0.3) is 5.91 Å². The van der Waals surface area contributed by atoms with Crippen molar-refractivity contribution >= 4 is 5.91 Å². The molecule has 4 rings (SSSR count). The molecule has 3 atom stereocenters. The second-order valence-corrected chi connectivity index (χ2v) is 7.60. The number of aryl methyl sites for hydroxylation is 1. The van der Waals surface area contributed by atoms with Crippen LogP contribution in [0.5, 0.6) is 0 Å². The van der Waals surface area contributed by atoms with Crippen molar-refractivity contribution in [2.75, 3.05) is 19.6 Å². The summed E-state index contributed by atoms with van der Waals surface area (Å²) in [5.41, 5.74) is 8.32. The van der Waals surface area contributed by atoms with E-state index < -0.39 is 0 Å². The van der Waals surface area contributed by atoms with Crippen molar-refractivity contribution in [3.8, 4) is 0 Å². The molecule has 0 spiro atoms. The quantitative estimate of drug-likeness (QED) is 0.848. The van der Waals surface area contributed by atoms with Crippen LogP contribution >= 0.6 is 0 Å². The fourth-order valence-corrected chi connectivity index (χ4v) is 4.31. The van der Waals surface area contributed by atoms with Crippen LogP contribution in [0.3, 0.4) is 0 Å². The number of nitrogens with zero attached hydrogens (tertiary/aromatic N) is 3. The Bertz CT molecular complexity index is 811. The Morgan fingerprint density at radius 1 is 1.25 bits per heavy atom. The molecule has 2 fully saturated rings. The number of nitrogens with one attached hydrogen (secondary N) is 2. The number of hydrazine groups is 1. The number of carbonyl (C=O) groups is 1. The van der Waals surface area contributed by atoms with Gasteiger partial charge in [-0.15, -0.1) is 0 Å². The summed E-state index contributed by atoms with van der Waals surface area (Å²) in [6.07, 6.45) is 6.05. The lowest BCUT2D eigenvalue weighted by atomic mass is 9.81. The van der Waals surface area contributed by atoms with Crippen LogP contribution in [0.25, 0.3) is 0 Å². The molecule has 0 aliphatic carbocycles. The van der Waals surface area contributed by atoms with Gasteiger partial charge in [0.15, 0.2) is 0 Å². The molecule has 1 aromatic heterocycles. The van der Waals surface area contributed by atoms with Crippen molar-refractivity contribution in [1.29, 1.82) is 0 Å². The van der Waals surface area contributed by atoms with Gasteiger partial charge in [-0.25, -0.2) is 14.4 Å². The van der Waals surface area contributed by atoms with Gasteiger partial charge in [0.1, 0.15) is 11.6 Å². The van der Waals surface area contributed by atoms with Crippen LogP contribution in [0, 0.1) is 11.7 Å². The standard InChI is InChI=1S/C21H26FN5O/c1-2-19-23-10-16(11-24-19)21(28)27-9-3-4-15(13-27)20-18(12-25-26-20)14-5-7-17(22)8-6-14/h5-8,10-11,15,18,20,25-26H,2-4,9,12-13H2,1H3. The highest BCUT2D eigenvalue weighted by atomic mass is 19.1. The maximum atomic E-state index is 13.3. The SMILES string of the molecule is CCc1ncc(C(=O)N2CCCC(C3NNCC3c3ccc(F)cc3)C2)cn1. The first-order chi connectivity index (χ1) is 13.7. The molecule has 28 heavy (non-hydrogen) atoms. The van der Waals surface area contributed by atoms with Crippen LogP contribution in [-0.4, -0.2) is 46.5 Å². The van der Waals surface area contributed by atoms with Crippen LogP contribution in [0.15, 0.2) is 36.7 Å². The molecule has 1 aromatic carbocycles. The monoisotopic (exact) mass is 383 g/mol. The lowest BCUT2D eigenvalue weighted by molar-refractivity contribution is 0.0643. The molecule has 2 aliphatic heterocycles. The Morgan fingerprint density at radius 3 is 2.71 bits per heavy atom. The van der Waals surface area contributed by atoms with Gasteiger partial charge in [-0.1, -0.05) is 19.1 Å². The minimum atomic E-state index is -0.218. The molecule has 2 aromatic rings. The average Bonchev–Trinajstić information content (AvgIpc) is 3.24. The number of aromatic nitrogens is 2. The molecule has 0 radical (unpaired) electrons. The van der Waals surface area contributed by atoms with Crippen LogP contribution < -0.4 is 10.9 Å². The number of hydrogen-bond donors (Lipinski definition) is 2. The predicted molar refractivity (Wildman–Crippen MR) is 104 cm³/mol. The number of hydrogen-bond acceptors (Lipinski definition) is 5. The van der Waals surface area contributed by atoms with Gasteiger partial charge in [-0.05, 0) is 36.5 Å². The molecular formula is C21H26FN5O. The second kappa shape index (κ2) is 8.32. The minimum Gasteiger partial charge on any atom is -0.338 e. The van der Waals surface area contributed by atoms with Gasteiger partial charge < -0.3 is 4.90 Å². The van der Waals surface area contributed by atoms with Crippen molar-refractivity contribution in [3.63, 3.8) is 0 Å². The van der Waals surface area contributed by atoms with Gasteiger partial charge in [0.2, 0.25) is 0 Å². The average molecular weight is 383 g/mol. The van der Waals surface area contributed by atoms with Gasteiger partial charge >= 0.3 is 0 Å². The Kier molecular flexibility index (Phi) is 5.64. The van der Waals surface area contributed by atoms with E-state index in [-0.39, 0.29) is 23.7 Å². The Labute approximate surface area is 164 Å². The number of piperidine rings is 1. The second-order valence-electron chi connectivity index (χ2n) is 7.60. The smallest absolute Gasteiger partial charge is 0.257 e. The zero-order valence-electron chi connectivity index (χ0n) is 16.1. The molecule has 0 bridgehead atoms. The molecule has 0 saturated carbocycles. The molecule has 148 valence electrons. The first kappa shape index (κ1) is 19.0.